The molecule has 0 aromatic heterocycles. The summed E-state index contributed by atoms with van der Waals surface area (Å²) in [5, 5.41) is 0. The molecule has 4 aromatic carbocycles. The first-order valence-electron chi connectivity index (χ1n) is 64.2. The molecule has 0 spiro atoms. The zero-order valence-corrected chi connectivity index (χ0v) is 104. The van der Waals surface area contributed by atoms with E-state index >= 15 is 0 Å². The number of allylic oxidation sites excluding steroid dienone is 4. The molecule has 844 valence electrons. The van der Waals surface area contributed by atoms with Crippen LogP contribution in [0.15, 0.2) is 70.8 Å². The molecule has 6 heteroatoms. The molecule has 0 bridgehead atoms. The van der Waals surface area contributed by atoms with Crippen molar-refractivity contribution in [2.75, 3.05) is 0 Å². The molecule has 0 unspecified atom stereocenters. The van der Waals surface area contributed by atoms with Crippen molar-refractivity contribution >= 4 is 22.8 Å². The van der Waals surface area contributed by atoms with Gasteiger partial charge in [-0.2, -0.15) is 26.7 Å². The van der Waals surface area contributed by atoms with Crippen LogP contribution in [0.3, 0.4) is 0 Å². The van der Waals surface area contributed by atoms with Gasteiger partial charge in [-0.25, -0.2) is 9.39 Å². The Bertz CT molecular complexity index is 3730. The van der Waals surface area contributed by atoms with E-state index in [1.165, 1.54) is 474 Å². The Kier molecular flexibility index (Phi) is 99.5. The summed E-state index contributed by atoms with van der Waals surface area (Å²) in [4.78, 5) is 0. The first-order chi connectivity index (χ1) is 70.7. The third kappa shape index (κ3) is 59.3. The largest absolute Gasteiger partial charge is 2.00 e. The van der Waals surface area contributed by atoms with Crippen molar-refractivity contribution in [3.05, 3.63) is 199 Å². The molecule has 2 heterocycles. The van der Waals surface area contributed by atoms with Crippen molar-refractivity contribution in [1.29, 1.82) is 0 Å². The summed E-state index contributed by atoms with van der Waals surface area (Å²) in [7, 11) is 0. The van der Waals surface area contributed by atoms with Gasteiger partial charge in [0, 0.05) is 44.5 Å². The van der Waals surface area contributed by atoms with Crippen LogP contribution >= 0.6 is 0 Å². The van der Waals surface area contributed by atoms with Crippen molar-refractivity contribution in [3.63, 3.8) is 0 Å². The zero-order chi connectivity index (χ0) is 106. The van der Waals surface area contributed by atoms with Crippen LogP contribution < -0.4 is 0 Å². The molecule has 0 saturated heterocycles. The van der Waals surface area contributed by atoms with E-state index in [4.69, 9.17) is 0 Å². The molecule has 6 rings (SSSR count). The Hall–Kier alpha value is -3.64. The minimum atomic E-state index is 0. The van der Waals surface area contributed by atoms with Gasteiger partial charge in [0.25, 0.3) is 0 Å². The van der Waals surface area contributed by atoms with E-state index in [1.54, 1.807) is 45.5 Å². The number of rotatable bonds is 86. The molecule has 0 radical (unpaired) electrons. The maximum atomic E-state index is 12.8. The zero-order valence-electron chi connectivity index (χ0n) is 101. The molecule has 0 fully saturated rings. The van der Waals surface area contributed by atoms with Gasteiger partial charge in [0.05, 0.1) is 0 Å². The van der Waals surface area contributed by atoms with Crippen molar-refractivity contribution in [2.24, 2.45) is 0 Å². The maximum absolute atomic E-state index is 12.8. The van der Waals surface area contributed by atoms with Gasteiger partial charge in [0.1, 0.15) is 0 Å². The molecular formula is C140H244N4Pd2. The second-order valence-corrected chi connectivity index (χ2v) is 43.7. The first-order valence-corrected chi connectivity index (χ1v) is 64.2. The van der Waals surface area contributed by atoms with E-state index in [-0.39, 0.29) is 40.8 Å². The van der Waals surface area contributed by atoms with E-state index in [2.05, 4.69) is 201 Å². The van der Waals surface area contributed by atoms with Gasteiger partial charge in [-0.1, -0.05) is 484 Å². The topological polar surface area (TPSA) is 50.6 Å². The number of unbranched alkanes of at least 4 members (excludes halogenated alkanes) is 50. The molecule has 4 aromatic rings. The molecule has 146 heavy (non-hydrogen) atoms. The minimum Gasteiger partial charge on any atom is -0.493 e. The predicted molar refractivity (Wildman–Crippen MR) is 652 cm³/mol. The van der Waals surface area contributed by atoms with Gasteiger partial charge < -0.3 is 38.8 Å². The number of aryl methyl sites for hydroxylation is 8. The summed E-state index contributed by atoms with van der Waals surface area (Å²) < 4.78 is 3.36. The van der Waals surface area contributed by atoms with Crippen LogP contribution in [0.1, 0.15) is 690 Å². The van der Waals surface area contributed by atoms with Gasteiger partial charge >= 0.3 is 40.8 Å². The summed E-state index contributed by atoms with van der Waals surface area (Å²) in [5.74, 6) is 0. The van der Waals surface area contributed by atoms with E-state index in [0.29, 0.717) is 0 Å². The molecule has 2 aliphatic heterocycles. The predicted octanol–water partition coefficient (Wildman–Crippen LogP) is 48.0. The van der Waals surface area contributed by atoms with Gasteiger partial charge in [0.15, 0.2) is 0 Å². The average molecular weight is 2200 g/mol. The van der Waals surface area contributed by atoms with E-state index < -0.39 is 0 Å². The molecule has 2 aliphatic rings. The molecule has 0 N–H and O–H groups in total. The third-order valence-electron chi connectivity index (χ3n) is 30.7. The molecule has 0 atom stereocenters. The fourth-order valence-corrected chi connectivity index (χ4v) is 22.5. The van der Waals surface area contributed by atoms with Gasteiger partial charge in [-0.05, 0) is 282 Å². The first kappa shape index (κ1) is 144. The minimum absolute atomic E-state index is 0. The van der Waals surface area contributed by atoms with Gasteiger partial charge in [-0.3, -0.25) is 0 Å². The molecule has 0 aliphatic carbocycles. The van der Waals surface area contributed by atoms with Crippen LogP contribution in [0.2, 0.25) is 0 Å². The van der Waals surface area contributed by atoms with Crippen molar-refractivity contribution in [1.82, 2.24) is 0 Å². The van der Waals surface area contributed by atoms with Crippen LogP contribution in [-0.2, 0) is 118 Å². The van der Waals surface area contributed by atoms with Gasteiger partial charge in [-0.15, -0.1) is 0 Å². The Morgan fingerprint density at radius 1 is 0.158 bits per heavy atom. The second-order valence-electron chi connectivity index (χ2n) is 43.7. The Morgan fingerprint density at radius 2 is 0.295 bits per heavy atom. The average Bonchev–Trinajstić information content (AvgIpc) is 1.60. The van der Waals surface area contributed by atoms with E-state index in [9.17, 15) is 11.1 Å². The number of nitrogens with zero attached hydrogens (tertiary/aromatic N) is 4. The number of hydrogen-bond acceptors (Lipinski definition) is 0. The Labute approximate surface area is 942 Å². The number of hydrogen-bond donors (Lipinski definition) is 0. The molecular weight excluding hydrogens is 1950 g/mol. The van der Waals surface area contributed by atoms with E-state index in [0.717, 1.165) is 177 Å². The third-order valence-corrected chi connectivity index (χ3v) is 30.7. The van der Waals surface area contributed by atoms with Crippen molar-refractivity contribution in [2.45, 2.75) is 678 Å². The molecule has 0 saturated carbocycles. The SMILES string of the molecule is CCCCCC1=C(c2cc(CCC)c(CCC)c(CCC)c2)[N+](=[N-])C(c2cc(CCC)c(CCC)c(CCC)c2)=C1CCCC.CCCCCC1=C(c2cc(CCCC)c(CCCC)c(CCCC)c2)[N+](=[N-])C(c2cc(CCCC)c(CCCC)c(CCCC)c2)=C1CCCC.[CH2-]C.[CH2-]C.[CH2-]CCCCCCCCCCCCCCCCCCCCC.[CH2-]CCCCCCCCCCCCCCCCCCCCC.[Pd+2].[Pd+2]. The van der Waals surface area contributed by atoms with Crippen LogP contribution in [0, 0.1) is 27.7 Å². The van der Waals surface area contributed by atoms with E-state index in [1.807, 2.05) is 0 Å². The Morgan fingerprint density at radius 3 is 0.466 bits per heavy atom. The monoisotopic (exact) mass is 2190 g/mol. The fraction of sp³-hybridized carbons (Fsp3) is 0.743. The van der Waals surface area contributed by atoms with Crippen LogP contribution in [-0.4, -0.2) is 9.39 Å². The van der Waals surface area contributed by atoms with Gasteiger partial charge in [0.2, 0.25) is 22.8 Å². The van der Waals surface area contributed by atoms with Crippen molar-refractivity contribution < 1.29 is 50.2 Å². The van der Waals surface area contributed by atoms with Crippen LogP contribution in [0.4, 0.5) is 0 Å². The fourth-order valence-electron chi connectivity index (χ4n) is 22.5. The standard InChI is InChI=1S/C49H78N2.C43H66N2.2C22H45.2C2H5.2Pd/c1-9-17-25-33-47-46(32-24-16-8)48(42-34-38(26-18-10-2)44(30-22-14-6)39(35-42)27-19-11-3)51(50)49(47)43-36-40(28-20-12-4)45(31-23-15-7)41(37-43)29-21-13-5;1-9-17-19-27-41-40(26-18-10-2)42(36-28-32(20-11-3)38(24-15-7)33(29-36)21-12-4)45(44)43(41)37-30-34(22-13-5)39(25-16-8)35(31-37)23-14-6;2*1-3-5-7-9-11-13-15-17-19-21-22-20-18-16-14-12-10-8-6-4-2;2*1-2;;/h34-37H,9-33H2,1-8H3;28-31H,9-27H2,1-8H3;2*1,3-22H2,2H3;2*1H2,2H3;;/q;;4*-1;2*+2. The smallest absolute Gasteiger partial charge is 0.493 e. The summed E-state index contributed by atoms with van der Waals surface area (Å²) in [5.41, 5.74) is 58.6. The normalized spacial score (nSPS) is 12.3. The summed E-state index contributed by atoms with van der Waals surface area (Å²) in [6.07, 6.45) is 109. The molecule has 0 amide bonds. The summed E-state index contributed by atoms with van der Waals surface area (Å²) >= 11 is 0. The van der Waals surface area contributed by atoms with Crippen LogP contribution in [0.5, 0.6) is 0 Å². The summed E-state index contributed by atoms with van der Waals surface area (Å²) in [6, 6.07) is 19.9. The second kappa shape index (κ2) is 101. The Balaban J connectivity index is 0. The maximum Gasteiger partial charge on any atom is 2.00 e. The quantitative estimate of drug-likeness (QED) is 0.0183. The van der Waals surface area contributed by atoms with Crippen molar-refractivity contribution in [3.8, 4) is 0 Å². The molecule has 4 nitrogen and oxygen atoms in total. The van der Waals surface area contributed by atoms with Crippen LogP contribution in [0.25, 0.3) is 33.9 Å². The number of benzene rings is 4. The summed E-state index contributed by atoms with van der Waals surface area (Å²) in [6.45, 7) is 59.4.